The molecule has 0 saturated carbocycles. The van der Waals surface area contributed by atoms with Crippen LogP contribution >= 0.6 is 0 Å². The molecule has 1 atom stereocenters. The second-order valence-electron chi connectivity index (χ2n) is 5.71. The van der Waals surface area contributed by atoms with E-state index in [-0.39, 0.29) is 0 Å². The van der Waals surface area contributed by atoms with Gasteiger partial charge in [0.2, 0.25) is 0 Å². The van der Waals surface area contributed by atoms with Gasteiger partial charge in [-0.15, -0.1) is 0 Å². The van der Waals surface area contributed by atoms with E-state index in [1.54, 1.807) is 0 Å². The lowest BCUT2D eigenvalue weighted by molar-refractivity contribution is 0.0905. The van der Waals surface area contributed by atoms with Crippen LogP contribution in [0, 0.1) is 0 Å². The number of nitrogens with zero attached hydrogens (tertiary/aromatic N) is 2. The fourth-order valence-corrected chi connectivity index (χ4v) is 2.05. The zero-order chi connectivity index (χ0) is 12.9. The van der Waals surface area contributed by atoms with Crippen molar-refractivity contribution in [1.82, 2.24) is 9.55 Å². The SMILES string of the molecule is CCCCn1ccnc1COC(C)[Si](C)(C)C. The van der Waals surface area contributed by atoms with Crippen molar-refractivity contribution in [3.05, 3.63) is 18.2 Å². The maximum absolute atomic E-state index is 5.95. The smallest absolute Gasteiger partial charge is 0.134 e. The minimum atomic E-state index is -1.20. The summed E-state index contributed by atoms with van der Waals surface area (Å²) in [6.45, 7) is 13.1. The van der Waals surface area contributed by atoms with Gasteiger partial charge in [0, 0.05) is 24.7 Å². The summed E-state index contributed by atoms with van der Waals surface area (Å²) in [4.78, 5) is 4.38. The van der Waals surface area contributed by atoms with Gasteiger partial charge in [0.15, 0.2) is 0 Å². The molecule has 0 amide bonds. The van der Waals surface area contributed by atoms with Crippen molar-refractivity contribution >= 4 is 8.07 Å². The standard InChI is InChI=1S/C13H26N2OSi/c1-6-7-9-15-10-8-14-13(15)11-16-12(2)17(3,4)5/h8,10,12H,6-7,9,11H2,1-5H3. The molecule has 3 nitrogen and oxygen atoms in total. The number of rotatable bonds is 7. The quantitative estimate of drug-likeness (QED) is 0.697. The highest BCUT2D eigenvalue weighted by Crippen LogP contribution is 2.13. The van der Waals surface area contributed by atoms with Crippen LogP contribution in [0.25, 0.3) is 0 Å². The summed E-state index contributed by atoms with van der Waals surface area (Å²) in [5.74, 6) is 1.06. The summed E-state index contributed by atoms with van der Waals surface area (Å²) in [6, 6.07) is 0. The molecule has 0 saturated heterocycles. The van der Waals surface area contributed by atoms with E-state index >= 15 is 0 Å². The highest BCUT2D eigenvalue weighted by Gasteiger charge is 2.23. The van der Waals surface area contributed by atoms with Gasteiger partial charge >= 0.3 is 0 Å². The Morgan fingerprint density at radius 3 is 2.71 bits per heavy atom. The van der Waals surface area contributed by atoms with E-state index in [1.165, 1.54) is 12.8 Å². The van der Waals surface area contributed by atoms with Gasteiger partial charge in [-0.05, 0) is 13.3 Å². The first kappa shape index (κ1) is 14.4. The average molecular weight is 254 g/mol. The molecule has 1 heterocycles. The van der Waals surface area contributed by atoms with Crippen molar-refractivity contribution in [2.45, 2.75) is 65.2 Å². The van der Waals surface area contributed by atoms with E-state index in [0.29, 0.717) is 12.3 Å². The number of hydrogen-bond acceptors (Lipinski definition) is 2. The van der Waals surface area contributed by atoms with Crippen molar-refractivity contribution in [1.29, 1.82) is 0 Å². The van der Waals surface area contributed by atoms with Gasteiger partial charge in [-0.25, -0.2) is 4.98 Å². The Kier molecular flexibility index (Phi) is 5.40. The minimum Gasteiger partial charge on any atom is -0.374 e. The molecule has 0 aliphatic carbocycles. The van der Waals surface area contributed by atoms with Gasteiger partial charge in [0.05, 0.1) is 8.07 Å². The van der Waals surface area contributed by atoms with Gasteiger partial charge in [-0.3, -0.25) is 0 Å². The Morgan fingerprint density at radius 2 is 2.12 bits per heavy atom. The molecular weight excluding hydrogens is 228 g/mol. The summed E-state index contributed by atoms with van der Waals surface area (Å²) in [5.41, 5.74) is 0.374. The molecule has 4 heteroatoms. The number of hydrogen-bond donors (Lipinski definition) is 0. The van der Waals surface area contributed by atoms with Crippen LogP contribution in [-0.2, 0) is 17.9 Å². The highest BCUT2D eigenvalue weighted by molar-refractivity contribution is 6.77. The van der Waals surface area contributed by atoms with E-state index in [1.807, 2.05) is 12.4 Å². The number of imidazole rings is 1. The topological polar surface area (TPSA) is 27.1 Å². The van der Waals surface area contributed by atoms with Gasteiger partial charge in [0.25, 0.3) is 0 Å². The molecule has 17 heavy (non-hydrogen) atoms. The summed E-state index contributed by atoms with van der Waals surface area (Å²) in [5, 5.41) is 0. The molecular formula is C13H26N2OSi. The zero-order valence-electron chi connectivity index (χ0n) is 11.9. The third-order valence-electron chi connectivity index (χ3n) is 3.24. The zero-order valence-corrected chi connectivity index (χ0v) is 12.9. The lowest BCUT2D eigenvalue weighted by Crippen LogP contribution is -2.37. The van der Waals surface area contributed by atoms with Crippen LogP contribution in [0.5, 0.6) is 0 Å². The van der Waals surface area contributed by atoms with Crippen molar-refractivity contribution in [2.24, 2.45) is 0 Å². The first-order valence-corrected chi connectivity index (χ1v) is 10.1. The number of aromatic nitrogens is 2. The van der Waals surface area contributed by atoms with E-state index in [2.05, 4.69) is 43.0 Å². The lowest BCUT2D eigenvalue weighted by Gasteiger charge is -2.25. The second-order valence-corrected chi connectivity index (χ2v) is 11.3. The van der Waals surface area contributed by atoms with Crippen molar-refractivity contribution in [3.63, 3.8) is 0 Å². The molecule has 0 aliphatic heterocycles. The maximum Gasteiger partial charge on any atom is 0.134 e. The van der Waals surface area contributed by atoms with Crippen LogP contribution in [-0.4, -0.2) is 23.4 Å². The predicted octanol–water partition coefficient (Wildman–Crippen LogP) is 3.47. The molecule has 1 rings (SSSR count). The Morgan fingerprint density at radius 1 is 1.41 bits per heavy atom. The Bertz CT molecular complexity index is 330. The van der Waals surface area contributed by atoms with Crippen LogP contribution in [0.2, 0.25) is 19.6 Å². The molecule has 0 fully saturated rings. The van der Waals surface area contributed by atoms with E-state index in [9.17, 15) is 0 Å². The van der Waals surface area contributed by atoms with Crippen molar-refractivity contribution < 1.29 is 4.74 Å². The van der Waals surface area contributed by atoms with Crippen LogP contribution in [0.4, 0.5) is 0 Å². The summed E-state index contributed by atoms with van der Waals surface area (Å²) >= 11 is 0. The van der Waals surface area contributed by atoms with Crippen LogP contribution in [0.3, 0.4) is 0 Å². The molecule has 1 aromatic heterocycles. The minimum absolute atomic E-state index is 0.374. The van der Waals surface area contributed by atoms with E-state index < -0.39 is 8.07 Å². The number of ether oxygens (including phenoxy) is 1. The third kappa shape index (κ3) is 4.64. The Balaban J connectivity index is 2.49. The molecule has 0 aliphatic rings. The molecule has 0 bridgehead atoms. The Hall–Kier alpha value is -0.613. The van der Waals surface area contributed by atoms with Gasteiger partial charge in [0.1, 0.15) is 12.4 Å². The molecule has 1 unspecified atom stereocenters. The molecule has 0 N–H and O–H groups in total. The molecule has 0 radical (unpaired) electrons. The summed E-state index contributed by atoms with van der Waals surface area (Å²) in [7, 11) is -1.20. The van der Waals surface area contributed by atoms with Crippen LogP contribution in [0.15, 0.2) is 12.4 Å². The predicted molar refractivity (Wildman–Crippen MR) is 74.7 cm³/mol. The average Bonchev–Trinajstić information content (AvgIpc) is 2.69. The maximum atomic E-state index is 5.95. The molecule has 0 aromatic carbocycles. The Labute approximate surface area is 106 Å². The fourth-order valence-electron chi connectivity index (χ4n) is 1.46. The lowest BCUT2D eigenvalue weighted by atomic mass is 10.3. The monoisotopic (exact) mass is 254 g/mol. The van der Waals surface area contributed by atoms with Gasteiger partial charge in [-0.2, -0.15) is 0 Å². The van der Waals surface area contributed by atoms with E-state index in [0.717, 1.165) is 12.4 Å². The van der Waals surface area contributed by atoms with Gasteiger partial charge < -0.3 is 9.30 Å². The first-order chi connectivity index (χ1) is 7.95. The fraction of sp³-hybridized carbons (Fsp3) is 0.769. The summed E-state index contributed by atoms with van der Waals surface area (Å²) < 4.78 is 8.16. The molecule has 1 aromatic rings. The summed E-state index contributed by atoms with van der Waals surface area (Å²) in [6.07, 6.45) is 6.33. The van der Waals surface area contributed by atoms with Crippen molar-refractivity contribution in [3.8, 4) is 0 Å². The highest BCUT2D eigenvalue weighted by atomic mass is 28.3. The largest absolute Gasteiger partial charge is 0.374 e. The second kappa shape index (κ2) is 6.35. The number of unbranched alkanes of at least 4 members (excludes halogenated alkanes) is 1. The normalized spacial score (nSPS) is 13.9. The third-order valence-corrected chi connectivity index (χ3v) is 5.84. The first-order valence-electron chi connectivity index (χ1n) is 6.56. The van der Waals surface area contributed by atoms with Crippen LogP contribution < -0.4 is 0 Å². The molecule has 98 valence electrons. The van der Waals surface area contributed by atoms with Gasteiger partial charge in [-0.1, -0.05) is 33.0 Å². The van der Waals surface area contributed by atoms with Crippen LogP contribution in [0.1, 0.15) is 32.5 Å². The number of aryl methyl sites for hydroxylation is 1. The van der Waals surface area contributed by atoms with Crippen molar-refractivity contribution in [2.75, 3.05) is 0 Å². The molecule has 0 spiro atoms. The van der Waals surface area contributed by atoms with E-state index in [4.69, 9.17) is 4.74 Å².